The lowest BCUT2D eigenvalue weighted by molar-refractivity contribution is -0.360. The summed E-state index contributed by atoms with van der Waals surface area (Å²) in [6.45, 7) is 0. The van der Waals surface area contributed by atoms with E-state index in [-0.39, 0.29) is 0 Å². The van der Waals surface area contributed by atoms with E-state index in [1.807, 2.05) is 0 Å². The molecule has 0 aromatic carbocycles. The van der Waals surface area contributed by atoms with Crippen LogP contribution in [0.2, 0.25) is 0 Å². The van der Waals surface area contributed by atoms with Gasteiger partial charge in [-0.05, 0) is 6.07 Å². The first-order chi connectivity index (χ1) is 6.61. The maximum Gasteiger partial charge on any atom is 0.460 e. The fourth-order valence-electron chi connectivity index (χ4n) is 0.774. The number of halogens is 7. The summed E-state index contributed by atoms with van der Waals surface area (Å²) in [5.41, 5.74) is -1.66. The predicted octanol–water partition coefficient (Wildman–Crippen LogP) is 2.70. The number of hydrogen-bond acceptors (Lipinski definition) is 1. The molecule has 0 bridgehead atoms. The minimum atomic E-state index is -6.34. The van der Waals surface area contributed by atoms with Crippen LogP contribution < -0.4 is 0 Å². The molecule has 15 heavy (non-hydrogen) atoms. The van der Waals surface area contributed by atoms with Crippen molar-refractivity contribution in [3.8, 4) is 0 Å². The van der Waals surface area contributed by atoms with E-state index < -0.39 is 23.7 Å². The van der Waals surface area contributed by atoms with Crippen molar-refractivity contribution in [1.82, 2.24) is 10.2 Å². The highest BCUT2D eigenvalue weighted by Crippen LogP contribution is 2.51. The molecule has 0 saturated carbocycles. The number of H-pyrrole nitrogens is 1. The van der Waals surface area contributed by atoms with Crippen LogP contribution in [0.15, 0.2) is 12.3 Å². The number of hydrogen-bond donors (Lipinski definition) is 1. The summed E-state index contributed by atoms with van der Waals surface area (Å²) in [4.78, 5) is 0. The Morgan fingerprint density at radius 2 is 1.53 bits per heavy atom. The van der Waals surface area contributed by atoms with Crippen LogP contribution in [0, 0.1) is 0 Å². The van der Waals surface area contributed by atoms with Gasteiger partial charge in [0.1, 0.15) is 5.69 Å². The second-order valence-corrected chi connectivity index (χ2v) is 2.61. The molecule has 1 N–H and O–H groups in total. The zero-order valence-corrected chi connectivity index (χ0v) is 6.75. The van der Waals surface area contributed by atoms with Crippen molar-refractivity contribution < 1.29 is 30.7 Å². The summed E-state index contributed by atoms with van der Waals surface area (Å²) in [5.74, 6) is -11.6. The minimum Gasteiger partial charge on any atom is -0.285 e. The van der Waals surface area contributed by atoms with Crippen LogP contribution in [0.25, 0.3) is 0 Å². The molecule has 0 saturated heterocycles. The van der Waals surface area contributed by atoms with Gasteiger partial charge in [-0.25, -0.2) is 0 Å². The van der Waals surface area contributed by atoms with Crippen molar-refractivity contribution in [2.45, 2.75) is 18.0 Å². The molecule has 0 unspecified atom stereocenters. The molecule has 0 spiro atoms. The van der Waals surface area contributed by atoms with Crippen LogP contribution in [0.4, 0.5) is 30.7 Å². The molecule has 9 heteroatoms. The third-order valence-electron chi connectivity index (χ3n) is 1.57. The Morgan fingerprint density at radius 3 is 1.87 bits per heavy atom. The standard InChI is InChI=1S/C6H3F7N2/c7-4(8,3-1-2-14-15-3)5(9,10)6(11,12)13/h1-2H,(H,14,15). The highest BCUT2D eigenvalue weighted by Gasteiger charge is 2.74. The average molecular weight is 236 g/mol. The molecule has 1 heterocycles. The van der Waals surface area contributed by atoms with Gasteiger partial charge in [0.2, 0.25) is 0 Å². The molecule has 0 radical (unpaired) electrons. The van der Waals surface area contributed by atoms with E-state index in [1.54, 1.807) is 5.10 Å². The summed E-state index contributed by atoms with van der Waals surface area (Å²) < 4.78 is 85.1. The number of aromatic amines is 1. The zero-order chi connectivity index (χ0) is 11.9. The Hall–Kier alpha value is -1.28. The highest BCUT2D eigenvalue weighted by atomic mass is 19.4. The van der Waals surface area contributed by atoms with Gasteiger partial charge in [0.05, 0.1) is 0 Å². The highest BCUT2D eigenvalue weighted by molar-refractivity contribution is 5.12. The lowest BCUT2D eigenvalue weighted by Gasteiger charge is -2.26. The van der Waals surface area contributed by atoms with Gasteiger partial charge in [0.15, 0.2) is 0 Å². The summed E-state index contributed by atoms with van der Waals surface area (Å²) in [5, 5.41) is 4.34. The zero-order valence-electron chi connectivity index (χ0n) is 6.75. The van der Waals surface area contributed by atoms with Crippen molar-refractivity contribution in [2.75, 3.05) is 0 Å². The van der Waals surface area contributed by atoms with Gasteiger partial charge in [0, 0.05) is 6.20 Å². The van der Waals surface area contributed by atoms with Crippen LogP contribution in [-0.2, 0) is 5.92 Å². The van der Waals surface area contributed by atoms with Crippen LogP contribution in [0.3, 0.4) is 0 Å². The van der Waals surface area contributed by atoms with E-state index in [0.29, 0.717) is 6.07 Å². The molecular formula is C6H3F7N2. The van der Waals surface area contributed by atoms with Crippen LogP contribution >= 0.6 is 0 Å². The largest absolute Gasteiger partial charge is 0.460 e. The number of nitrogens with zero attached hydrogens (tertiary/aromatic N) is 1. The predicted molar refractivity (Wildman–Crippen MR) is 33.5 cm³/mol. The Kier molecular flexibility index (Phi) is 2.44. The summed E-state index contributed by atoms with van der Waals surface area (Å²) in [6.07, 6.45) is -5.62. The Balaban J connectivity index is 3.17. The number of nitrogens with one attached hydrogen (secondary N) is 1. The van der Waals surface area contributed by atoms with Crippen molar-refractivity contribution in [1.29, 1.82) is 0 Å². The summed E-state index contributed by atoms with van der Waals surface area (Å²) in [7, 11) is 0. The summed E-state index contributed by atoms with van der Waals surface area (Å²) in [6, 6.07) is 0.347. The van der Waals surface area contributed by atoms with Crippen molar-refractivity contribution >= 4 is 0 Å². The minimum absolute atomic E-state index is 0.347. The lowest BCUT2D eigenvalue weighted by atomic mass is 10.1. The van der Waals surface area contributed by atoms with Gasteiger partial charge in [-0.15, -0.1) is 0 Å². The van der Waals surface area contributed by atoms with Gasteiger partial charge in [-0.1, -0.05) is 0 Å². The van der Waals surface area contributed by atoms with E-state index >= 15 is 0 Å². The number of alkyl halides is 7. The van der Waals surface area contributed by atoms with E-state index in [0.717, 1.165) is 6.20 Å². The average Bonchev–Trinajstić information content (AvgIpc) is 2.53. The monoisotopic (exact) mass is 236 g/mol. The van der Waals surface area contributed by atoms with E-state index in [9.17, 15) is 30.7 Å². The molecule has 0 aliphatic rings. The fraction of sp³-hybridized carbons (Fsp3) is 0.500. The second kappa shape index (κ2) is 3.11. The second-order valence-electron chi connectivity index (χ2n) is 2.61. The molecule has 0 aliphatic carbocycles. The third-order valence-corrected chi connectivity index (χ3v) is 1.57. The first kappa shape index (κ1) is 11.8. The summed E-state index contributed by atoms with van der Waals surface area (Å²) >= 11 is 0. The molecule has 0 aliphatic heterocycles. The van der Waals surface area contributed by atoms with E-state index in [2.05, 4.69) is 5.10 Å². The maximum atomic E-state index is 12.7. The van der Waals surface area contributed by atoms with Crippen LogP contribution in [0.1, 0.15) is 5.69 Å². The Morgan fingerprint density at radius 1 is 1.00 bits per heavy atom. The first-order valence-electron chi connectivity index (χ1n) is 3.43. The van der Waals surface area contributed by atoms with Crippen molar-refractivity contribution in [3.05, 3.63) is 18.0 Å². The molecule has 1 aromatic rings. The fourth-order valence-corrected chi connectivity index (χ4v) is 0.774. The van der Waals surface area contributed by atoms with Gasteiger partial charge in [0.25, 0.3) is 0 Å². The molecule has 0 fully saturated rings. The molecular weight excluding hydrogens is 233 g/mol. The van der Waals surface area contributed by atoms with Crippen molar-refractivity contribution in [3.63, 3.8) is 0 Å². The van der Waals surface area contributed by atoms with Gasteiger partial charge in [-0.2, -0.15) is 35.8 Å². The molecule has 2 nitrogen and oxygen atoms in total. The Bertz CT molecular complexity index is 326. The molecule has 1 rings (SSSR count). The molecule has 1 aromatic heterocycles. The molecule has 86 valence electrons. The van der Waals surface area contributed by atoms with Gasteiger partial charge >= 0.3 is 18.0 Å². The number of rotatable bonds is 2. The smallest absolute Gasteiger partial charge is 0.285 e. The van der Waals surface area contributed by atoms with Gasteiger partial charge < -0.3 is 0 Å². The van der Waals surface area contributed by atoms with E-state index in [1.165, 1.54) is 0 Å². The van der Waals surface area contributed by atoms with Crippen LogP contribution in [0.5, 0.6) is 0 Å². The maximum absolute atomic E-state index is 12.7. The quantitative estimate of drug-likeness (QED) is 0.785. The topological polar surface area (TPSA) is 28.7 Å². The first-order valence-corrected chi connectivity index (χ1v) is 3.43. The van der Waals surface area contributed by atoms with Crippen molar-refractivity contribution in [2.24, 2.45) is 0 Å². The molecule has 0 amide bonds. The normalized spacial score (nSPS) is 14.3. The van der Waals surface area contributed by atoms with Gasteiger partial charge in [-0.3, -0.25) is 5.10 Å². The number of aromatic nitrogens is 2. The Labute approximate surface area is 78.1 Å². The van der Waals surface area contributed by atoms with Crippen LogP contribution in [-0.4, -0.2) is 22.3 Å². The molecule has 0 atom stereocenters. The van der Waals surface area contributed by atoms with E-state index in [4.69, 9.17) is 0 Å². The third kappa shape index (κ3) is 1.65. The lowest BCUT2D eigenvalue weighted by Crippen LogP contribution is -2.50. The SMILES string of the molecule is FC(F)(F)C(F)(F)C(F)(F)c1cc[nH]n1.